The van der Waals surface area contributed by atoms with Crippen LogP contribution in [0.2, 0.25) is 0 Å². The van der Waals surface area contributed by atoms with Gasteiger partial charge in [-0.25, -0.2) is 0 Å². The molecule has 3 rings (SSSR count). The predicted octanol–water partition coefficient (Wildman–Crippen LogP) is 2.56. The average molecular weight is 293 g/mol. The van der Waals surface area contributed by atoms with Gasteiger partial charge < -0.3 is 10.0 Å². The highest BCUT2D eigenvalue weighted by Crippen LogP contribution is 2.34. The van der Waals surface area contributed by atoms with Gasteiger partial charge in [-0.1, -0.05) is 0 Å². The summed E-state index contributed by atoms with van der Waals surface area (Å²) in [7, 11) is 0. The van der Waals surface area contributed by atoms with Crippen LogP contribution < -0.4 is 0 Å². The Kier molecular flexibility index (Phi) is 3.32. The van der Waals surface area contributed by atoms with Crippen LogP contribution >= 0.6 is 11.3 Å². The number of hydrogen-bond acceptors (Lipinski definition) is 3. The summed E-state index contributed by atoms with van der Waals surface area (Å²) in [5.41, 5.74) is 1.25. The lowest BCUT2D eigenvalue weighted by Gasteiger charge is -2.21. The van der Waals surface area contributed by atoms with Crippen LogP contribution in [0.15, 0.2) is 5.38 Å². The Morgan fingerprint density at radius 2 is 2.10 bits per heavy atom. The van der Waals surface area contributed by atoms with E-state index in [1.165, 1.54) is 16.9 Å². The lowest BCUT2D eigenvalue weighted by Crippen LogP contribution is -2.35. The first-order chi connectivity index (χ1) is 9.51. The van der Waals surface area contributed by atoms with Crippen molar-refractivity contribution in [2.24, 2.45) is 5.41 Å². The van der Waals surface area contributed by atoms with Crippen molar-refractivity contribution in [3.8, 4) is 0 Å². The summed E-state index contributed by atoms with van der Waals surface area (Å²) in [5.74, 6) is -0.783. The number of nitrogens with zero attached hydrogens (tertiary/aromatic N) is 1. The van der Waals surface area contributed by atoms with E-state index < -0.39 is 11.4 Å². The van der Waals surface area contributed by atoms with Crippen LogP contribution in [-0.4, -0.2) is 35.0 Å². The molecule has 0 bridgehead atoms. The molecule has 1 saturated heterocycles. The molecule has 1 aliphatic carbocycles. The maximum absolute atomic E-state index is 12.6. The molecule has 0 saturated carbocycles. The van der Waals surface area contributed by atoms with E-state index in [2.05, 4.69) is 0 Å². The van der Waals surface area contributed by atoms with Crippen molar-refractivity contribution in [2.75, 3.05) is 13.1 Å². The molecule has 2 aliphatic rings. The van der Waals surface area contributed by atoms with Crippen molar-refractivity contribution in [3.63, 3.8) is 0 Å². The Labute approximate surface area is 122 Å². The van der Waals surface area contributed by atoms with E-state index in [0.29, 0.717) is 19.5 Å². The number of carboxylic acid groups (broad SMARTS) is 1. The molecule has 1 aromatic rings. The second kappa shape index (κ2) is 4.88. The fourth-order valence-electron chi connectivity index (χ4n) is 3.15. The molecule has 1 aliphatic heterocycles. The van der Waals surface area contributed by atoms with Crippen LogP contribution in [0.25, 0.3) is 0 Å². The molecule has 5 heteroatoms. The Morgan fingerprint density at radius 3 is 2.80 bits per heavy atom. The van der Waals surface area contributed by atoms with E-state index >= 15 is 0 Å². The predicted molar refractivity (Wildman–Crippen MR) is 77.2 cm³/mol. The van der Waals surface area contributed by atoms with Crippen molar-refractivity contribution in [2.45, 2.75) is 39.0 Å². The number of rotatable bonds is 2. The molecular formula is C15H19NO3S. The van der Waals surface area contributed by atoms with Crippen molar-refractivity contribution >= 4 is 23.2 Å². The van der Waals surface area contributed by atoms with Gasteiger partial charge in [-0.2, -0.15) is 0 Å². The third-order valence-corrected chi connectivity index (χ3v) is 5.66. The van der Waals surface area contributed by atoms with Crippen LogP contribution in [0.4, 0.5) is 0 Å². The second-order valence-corrected chi connectivity index (χ2v) is 7.06. The molecule has 0 spiro atoms. The number of aryl methyl sites for hydroxylation is 1. The van der Waals surface area contributed by atoms with E-state index in [4.69, 9.17) is 0 Å². The van der Waals surface area contributed by atoms with Gasteiger partial charge in [0.2, 0.25) is 0 Å². The largest absolute Gasteiger partial charge is 0.481 e. The van der Waals surface area contributed by atoms with E-state index in [1.807, 2.05) is 5.38 Å². The lowest BCUT2D eigenvalue weighted by atomic mass is 9.90. The van der Waals surface area contributed by atoms with Crippen molar-refractivity contribution in [3.05, 3.63) is 21.4 Å². The Hall–Kier alpha value is -1.36. The first-order valence-corrected chi connectivity index (χ1v) is 8.01. The molecule has 2 heterocycles. The molecule has 1 atom stereocenters. The number of fused-ring (bicyclic) bond motifs is 1. The smallest absolute Gasteiger partial charge is 0.311 e. The summed E-state index contributed by atoms with van der Waals surface area (Å²) in [6.07, 6.45) is 4.98. The minimum absolute atomic E-state index is 0.0226. The fourth-order valence-corrected chi connectivity index (χ4v) is 4.27. The summed E-state index contributed by atoms with van der Waals surface area (Å²) in [4.78, 5) is 27.0. The van der Waals surface area contributed by atoms with Crippen LogP contribution in [0.5, 0.6) is 0 Å². The van der Waals surface area contributed by atoms with Gasteiger partial charge in [0.05, 0.1) is 11.0 Å². The van der Waals surface area contributed by atoms with Crippen LogP contribution in [-0.2, 0) is 17.6 Å². The Balaban J connectivity index is 1.81. The Bertz CT molecular complexity index is 565. The van der Waals surface area contributed by atoms with Crippen molar-refractivity contribution in [1.82, 2.24) is 4.90 Å². The van der Waals surface area contributed by atoms with Crippen LogP contribution in [0, 0.1) is 5.41 Å². The number of thiophene rings is 1. The number of carbonyl (C=O) groups excluding carboxylic acids is 1. The highest BCUT2D eigenvalue weighted by atomic mass is 32.1. The average Bonchev–Trinajstić information content (AvgIpc) is 3.03. The first-order valence-electron chi connectivity index (χ1n) is 7.13. The van der Waals surface area contributed by atoms with Gasteiger partial charge in [-0.05, 0) is 44.6 Å². The molecule has 0 aromatic carbocycles. The molecule has 1 fully saturated rings. The molecule has 0 radical (unpaired) electrons. The molecule has 1 aromatic heterocycles. The number of carbonyl (C=O) groups is 2. The van der Waals surface area contributed by atoms with E-state index in [1.54, 1.807) is 23.2 Å². The number of aliphatic carboxylic acids is 1. The van der Waals surface area contributed by atoms with Gasteiger partial charge in [0.15, 0.2) is 0 Å². The van der Waals surface area contributed by atoms with Gasteiger partial charge in [0, 0.05) is 23.3 Å². The van der Waals surface area contributed by atoms with Crippen molar-refractivity contribution in [1.29, 1.82) is 0 Å². The van der Waals surface area contributed by atoms with E-state index in [9.17, 15) is 14.7 Å². The maximum atomic E-state index is 12.6. The zero-order chi connectivity index (χ0) is 14.3. The highest BCUT2D eigenvalue weighted by molar-refractivity contribution is 7.10. The summed E-state index contributed by atoms with van der Waals surface area (Å²) in [6, 6.07) is 0. The number of carboxylic acids is 1. The molecule has 1 unspecified atom stereocenters. The molecular weight excluding hydrogens is 274 g/mol. The van der Waals surface area contributed by atoms with Crippen LogP contribution in [0.1, 0.15) is 47.0 Å². The zero-order valence-corrected chi connectivity index (χ0v) is 12.5. The molecule has 108 valence electrons. The van der Waals surface area contributed by atoms with E-state index in [-0.39, 0.29) is 5.91 Å². The maximum Gasteiger partial charge on any atom is 0.311 e. The SMILES string of the molecule is CC1(C(=O)O)CCN(C(=O)c2csc3c2CCCC3)C1. The minimum Gasteiger partial charge on any atom is -0.481 e. The topological polar surface area (TPSA) is 57.6 Å². The number of hydrogen-bond donors (Lipinski definition) is 1. The first kappa shape index (κ1) is 13.6. The normalized spacial score (nSPS) is 25.6. The third-order valence-electron chi connectivity index (χ3n) is 4.57. The van der Waals surface area contributed by atoms with Gasteiger partial charge in [0.1, 0.15) is 0 Å². The van der Waals surface area contributed by atoms with Crippen molar-refractivity contribution < 1.29 is 14.7 Å². The van der Waals surface area contributed by atoms with Gasteiger partial charge >= 0.3 is 5.97 Å². The number of amides is 1. The Morgan fingerprint density at radius 1 is 1.35 bits per heavy atom. The minimum atomic E-state index is -0.805. The molecule has 4 nitrogen and oxygen atoms in total. The highest BCUT2D eigenvalue weighted by Gasteiger charge is 2.42. The monoisotopic (exact) mass is 293 g/mol. The van der Waals surface area contributed by atoms with Gasteiger partial charge in [-0.15, -0.1) is 11.3 Å². The molecule has 1 amide bonds. The van der Waals surface area contributed by atoms with Gasteiger partial charge in [0.25, 0.3) is 5.91 Å². The lowest BCUT2D eigenvalue weighted by molar-refractivity contribution is -0.147. The molecule has 1 N–H and O–H groups in total. The quantitative estimate of drug-likeness (QED) is 0.911. The van der Waals surface area contributed by atoms with E-state index in [0.717, 1.165) is 24.8 Å². The standard InChI is InChI=1S/C15H19NO3S/c1-15(14(18)19)6-7-16(9-15)13(17)11-8-20-12-5-3-2-4-10(11)12/h8H,2-7,9H2,1H3,(H,18,19). The summed E-state index contributed by atoms with van der Waals surface area (Å²) in [5, 5.41) is 11.2. The number of likely N-dealkylation sites (tertiary alicyclic amines) is 1. The van der Waals surface area contributed by atoms with Gasteiger partial charge in [-0.3, -0.25) is 9.59 Å². The third kappa shape index (κ3) is 2.14. The second-order valence-electron chi connectivity index (χ2n) is 6.10. The zero-order valence-electron chi connectivity index (χ0n) is 11.6. The summed E-state index contributed by atoms with van der Waals surface area (Å²) < 4.78 is 0. The fraction of sp³-hybridized carbons (Fsp3) is 0.600. The molecule has 20 heavy (non-hydrogen) atoms. The summed E-state index contributed by atoms with van der Waals surface area (Å²) in [6.45, 7) is 2.60. The summed E-state index contributed by atoms with van der Waals surface area (Å²) >= 11 is 1.68. The van der Waals surface area contributed by atoms with Crippen LogP contribution in [0.3, 0.4) is 0 Å².